The van der Waals surface area contributed by atoms with Crippen LogP contribution >= 0.6 is 0 Å². The number of H-pyrrole nitrogens is 1. The molecule has 4 aromatic rings. The van der Waals surface area contributed by atoms with Crippen molar-refractivity contribution < 1.29 is 19.0 Å². The highest BCUT2D eigenvalue weighted by molar-refractivity contribution is 6.07. The number of nitrogens with zero attached hydrogens (tertiary/aromatic N) is 1. The van der Waals surface area contributed by atoms with Gasteiger partial charge in [-0.3, -0.25) is 9.59 Å². The third-order valence-corrected chi connectivity index (χ3v) is 6.22. The lowest BCUT2D eigenvalue weighted by Crippen LogP contribution is -2.33. The van der Waals surface area contributed by atoms with Crippen LogP contribution in [0.4, 0.5) is 5.69 Å². The first kappa shape index (κ1) is 24.9. The van der Waals surface area contributed by atoms with Crippen LogP contribution in [-0.2, 0) is 6.54 Å². The lowest BCUT2D eigenvalue weighted by molar-refractivity contribution is 0.0984. The number of hydrogen-bond donors (Lipinski definition) is 1. The van der Waals surface area contributed by atoms with Gasteiger partial charge in [-0.05, 0) is 73.7 Å². The highest BCUT2D eigenvalue weighted by Gasteiger charge is 2.25. The number of aromatic amines is 1. The molecule has 0 saturated carbocycles. The number of benzene rings is 3. The van der Waals surface area contributed by atoms with Gasteiger partial charge in [0.05, 0.1) is 27.9 Å². The Morgan fingerprint density at radius 3 is 2.11 bits per heavy atom. The van der Waals surface area contributed by atoms with E-state index in [0.29, 0.717) is 28.4 Å². The van der Waals surface area contributed by atoms with Gasteiger partial charge < -0.3 is 24.1 Å². The van der Waals surface area contributed by atoms with Crippen LogP contribution in [0.25, 0.3) is 10.9 Å². The van der Waals surface area contributed by atoms with Crippen LogP contribution in [0.15, 0.2) is 59.4 Å². The Morgan fingerprint density at radius 2 is 1.47 bits per heavy atom. The van der Waals surface area contributed by atoms with E-state index in [4.69, 9.17) is 14.2 Å². The van der Waals surface area contributed by atoms with Crippen LogP contribution < -0.4 is 24.7 Å². The van der Waals surface area contributed by atoms with Gasteiger partial charge in [0.1, 0.15) is 0 Å². The van der Waals surface area contributed by atoms with Crippen LogP contribution in [0.3, 0.4) is 0 Å². The number of carbonyl (C=O) groups excluding carboxylic acids is 1. The van der Waals surface area contributed by atoms with Gasteiger partial charge in [-0.1, -0.05) is 23.8 Å². The summed E-state index contributed by atoms with van der Waals surface area (Å²) in [5.41, 5.74) is 5.06. The summed E-state index contributed by atoms with van der Waals surface area (Å²) in [6.07, 6.45) is 0. The Labute approximate surface area is 210 Å². The maximum absolute atomic E-state index is 14.0. The number of hydrogen-bond acceptors (Lipinski definition) is 5. The second kappa shape index (κ2) is 10.2. The highest BCUT2D eigenvalue weighted by Crippen LogP contribution is 2.39. The van der Waals surface area contributed by atoms with Gasteiger partial charge in [-0.2, -0.15) is 0 Å². The zero-order valence-corrected chi connectivity index (χ0v) is 21.4. The Balaban J connectivity index is 1.87. The third-order valence-electron chi connectivity index (χ3n) is 6.22. The van der Waals surface area contributed by atoms with Crippen molar-refractivity contribution in [2.75, 3.05) is 26.2 Å². The molecular weight excluding hydrogens is 456 g/mol. The number of rotatable bonds is 7. The van der Waals surface area contributed by atoms with Gasteiger partial charge in [-0.15, -0.1) is 0 Å². The molecule has 0 aliphatic heterocycles. The summed E-state index contributed by atoms with van der Waals surface area (Å²) >= 11 is 0. The van der Waals surface area contributed by atoms with E-state index in [9.17, 15) is 9.59 Å². The lowest BCUT2D eigenvalue weighted by atomic mass is 10.1. The number of carbonyl (C=O) groups is 1. The average Bonchev–Trinajstić information content (AvgIpc) is 2.87. The normalized spacial score (nSPS) is 10.8. The van der Waals surface area contributed by atoms with Gasteiger partial charge in [0.25, 0.3) is 11.5 Å². The van der Waals surface area contributed by atoms with Gasteiger partial charge in [-0.25, -0.2) is 0 Å². The minimum absolute atomic E-state index is 0.0823. The third kappa shape index (κ3) is 4.77. The molecule has 1 amide bonds. The monoisotopic (exact) mass is 486 g/mol. The Bertz CT molecular complexity index is 1480. The number of aryl methyl sites for hydroxylation is 3. The Kier molecular flexibility index (Phi) is 7.01. The molecule has 0 aliphatic carbocycles. The van der Waals surface area contributed by atoms with E-state index in [2.05, 4.69) is 4.98 Å². The molecule has 0 radical (unpaired) electrons. The van der Waals surface area contributed by atoms with E-state index in [0.717, 1.165) is 33.3 Å². The van der Waals surface area contributed by atoms with Crippen molar-refractivity contribution >= 4 is 22.5 Å². The summed E-state index contributed by atoms with van der Waals surface area (Å²) in [4.78, 5) is 31.6. The molecule has 0 spiro atoms. The molecule has 0 bridgehead atoms. The van der Waals surface area contributed by atoms with Crippen molar-refractivity contribution in [1.29, 1.82) is 0 Å². The molecule has 1 heterocycles. The summed E-state index contributed by atoms with van der Waals surface area (Å²) in [7, 11) is 4.52. The topological polar surface area (TPSA) is 80.9 Å². The van der Waals surface area contributed by atoms with Gasteiger partial charge in [0.2, 0.25) is 5.75 Å². The predicted molar refractivity (Wildman–Crippen MR) is 142 cm³/mol. The van der Waals surface area contributed by atoms with E-state index in [1.807, 2.05) is 63.2 Å². The highest BCUT2D eigenvalue weighted by atomic mass is 16.5. The number of pyridine rings is 1. The fraction of sp³-hybridized carbons (Fsp3) is 0.241. The molecule has 1 aromatic heterocycles. The fourth-order valence-corrected chi connectivity index (χ4v) is 4.30. The van der Waals surface area contributed by atoms with E-state index < -0.39 is 0 Å². The van der Waals surface area contributed by atoms with Crippen molar-refractivity contribution in [3.63, 3.8) is 0 Å². The summed E-state index contributed by atoms with van der Waals surface area (Å²) in [5, 5.41) is 0.908. The minimum Gasteiger partial charge on any atom is -0.493 e. The van der Waals surface area contributed by atoms with Gasteiger partial charge in [0, 0.05) is 22.3 Å². The van der Waals surface area contributed by atoms with Crippen LogP contribution in [-0.4, -0.2) is 32.2 Å². The van der Waals surface area contributed by atoms with Crippen molar-refractivity contribution in [3.05, 3.63) is 92.8 Å². The second-order valence-electron chi connectivity index (χ2n) is 8.81. The van der Waals surface area contributed by atoms with Crippen molar-refractivity contribution in [2.24, 2.45) is 0 Å². The molecule has 0 aliphatic rings. The number of methoxy groups -OCH3 is 3. The van der Waals surface area contributed by atoms with Crippen LogP contribution in [0, 0.1) is 20.8 Å². The number of amides is 1. The standard InChI is InChI=1S/C29H30N2O5/c1-17-8-10-23-20(11-17)13-22(28(32)30-23)16-31(24-12-18(2)7-9-19(24)3)29(33)21-14-25(34-4)27(36-6)26(15-21)35-5/h7-15H,16H2,1-6H3,(H,30,32). The number of anilines is 1. The molecule has 1 N–H and O–H groups in total. The Morgan fingerprint density at radius 1 is 0.833 bits per heavy atom. The molecule has 0 saturated heterocycles. The minimum atomic E-state index is -0.299. The number of aromatic nitrogens is 1. The summed E-state index contributed by atoms with van der Waals surface area (Å²) in [6.45, 7) is 5.99. The van der Waals surface area contributed by atoms with E-state index in [1.54, 1.807) is 17.0 Å². The average molecular weight is 487 g/mol. The number of ether oxygens (including phenoxy) is 3. The van der Waals surface area contributed by atoms with E-state index >= 15 is 0 Å². The summed E-state index contributed by atoms with van der Waals surface area (Å²) < 4.78 is 16.3. The maximum Gasteiger partial charge on any atom is 0.258 e. The van der Waals surface area contributed by atoms with Gasteiger partial charge >= 0.3 is 0 Å². The molecule has 186 valence electrons. The van der Waals surface area contributed by atoms with Gasteiger partial charge in [0.15, 0.2) is 11.5 Å². The van der Waals surface area contributed by atoms with Crippen LogP contribution in [0.2, 0.25) is 0 Å². The van der Waals surface area contributed by atoms with Crippen molar-refractivity contribution in [3.8, 4) is 17.2 Å². The number of nitrogens with one attached hydrogen (secondary N) is 1. The van der Waals surface area contributed by atoms with Crippen molar-refractivity contribution in [2.45, 2.75) is 27.3 Å². The lowest BCUT2D eigenvalue weighted by Gasteiger charge is -2.26. The zero-order valence-electron chi connectivity index (χ0n) is 21.4. The molecule has 0 atom stereocenters. The van der Waals surface area contributed by atoms with Crippen LogP contribution in [0.5, 0.6) is 17.2 Å². The molecule has 7 heteroatoms. The molecule has 0 fully saturated rings. The van der Waals surface area contributed by atoms with E-state index in [-0.39, 0.29) is 18.0 Å². The summed E-state index contributed by atoms with van der Waals surface area (Å²) in [6, 6.07) is 16.9. The Hall–Kier alpha value is -4.26. The van der Waals surface area contributed by atoms with Crippen LogP contribution in [0.1, 0.15) is 32.6 Å². The zero-order chi connectivity index (χ0) is 26.0. The fourth-order valence-electron chi connectivity index (χ4n) is 4.30. The largest absolute Gasteiger partial charge is 0.493 e. The SMILES string of the molecule is COc1cc(C(=O)N(Cc2cc3cc(C)ccc3[nH]c2=O)c2cc(C)ccc2C)cc(OC)c1OC. The molecule has 36 heavy (non-hydrogen) atoms. The van der Waals surface area contributed by atoms with E-state index in [1.165, 1.54) is 21.3 Å². The molecule has 0 unspecified atom stereocenters. The number of fused-ring (bicyclic) bond motifs is 1. The molecule has 4 rings (SSSR count). The first-order valence-corrected chi connectivity index (χ1v) is 11.6. The van der Waals surface area contributed by atoms with Crippen molar-refractivity contribution in [1.82, 2.24) is 4.98 Å². The predicted octanol–water partition coefficient (Wildman–Crippen LogP) is 5.33. The molecular formula is C29H30N2O5. The quantitative estimate of drug-likeness (QED) is 0.382. The molecule has 3 aromatic carbocycles. The first-order valence-electron chi connectivity index (χ1n) is 11.6. The first-order chi connectivity index (χ1) is 17.2. The maximum atomic E-state index is 14.0. The second-order valence-corrected chi connectivity index (χ2v) is 8.81. The smallest absolute Gasteiger partial charge is 0.258 e. The molecule has 7 nitrogen and oxygen atoms in total. The summed E-state index contributed by atoms with van der Waals surface area (Å²) in [5.74, 6) is 0.850.